The zero-order chi connectivity index (χ0) is 30.3. The van der Waals surface area contributed by atoms with Crippen molar-refractivity contribution in [2.45, 2.75) is 50.3 Å². The largest absolute Gasteiger partial charge is 0.459 e. The van der Waals surface area contributed by atoms with Crippen molar-refractivity contribution in [2.24, 2.45) is 0 Å². The number of hydrogen-bond donors (Lipinski definition) is 0. The number of benzene rings is 3. The average molecular weight is 579 g/mol. The molecule has 0 radical (unpaired) electrons. The van der Waals surface area contributed by atoms with E-state index in [1.165, 1.54) is 21.3 Å². The molecule has 0 saturated carbocycles. The Morgan fingerprint density at radius 3 is 1.26 bits per heavy atom. The molecule has 5 atom stereocenters. The summed E-state index contributed by atoms with van der Waals surface area (Å²) in [5.41, 5.74) is 1.79. The second kappa shape index (κ2) is 17.0. The predicted molar refractivity (Wildman–Crippen MR) is 154 cm³/mol. The van der Waals surface area contributed by atoms with Gasteiger partial charge in [0.25, 0.3) is 0 Å². The van der Waals surface area contributed by atoms with E-state index < -0.39 is 48.4 Å². The molecule has 0 fully saturated rings. The Bertz CT molecular complexity index is 1230. The fourth-order valence-electron chi connectivity index (χ4n) is 4.47. The molecular weight excluding hydrogens is 540 g/mol. The van der Waals surface area contributed by atoms with Crippen molar-refractivity contribution >= 4 is 17.9 Å². The van der Waals surface area contributed by atoms with Crippen LogP contribution in [0.1, 0.15) is 54.8 Å². The standard InChI is InChI=1S/C33H38O9/c1-5-15-26(41-32(35)29(38-3)24-18-11-7-12-19-24)27(42-33(36)30(39-4)25-20-13-8-14-21-25)22-40-31(34)28(37-2)23-16-9-6-10-17-23/h6-14,16-21,26-30H,5,15,22H2,1-4H3/t26-,27+,28+,29+,30+/m1/s1. The van der Waals surface area contributed by atoms with Crippen molar-refractivity contribution in [3.05, 3.63) is 108 Å². The van der Waals surface area contributed by atoms with E-state index in [0.29, 0.717) is 29.5 Å². The predicted octanol–water partition coefficient (Wildman–Crippen LogP) is 5.32. The lowest BCUT2D eigenvalue weighted by molar-refractivity contribution is -0.189. The van der Waals surface area contributed by atoms with Crippen molar-refractivity contribution in [1.82, 2.24) is 0 Å². The Kier molecular flexibility index (Phi) is 13.2. The summed E-state index contributed by atoms with van der Waals surface area (Å²) in [6, 6.07) is 26.6. The maximum Gasteiger partial charge on any atom is 0.340 e. The summed E-state index contributed by atoms with van der Waals surface area (Å²) < 4.78 is 33.6. The first-order valence-corrected chi connectivity index (χ1v) is 13.7. The minimum atomic E-state index is -1.15. The Morgan fingerprint density at radius 1 is 0.548 bits per heavy atom. The minimum Gasteiger partial charge on any atom is -0.459 e. The Morgan fingerprint density at radius 2 is 0.905 bits per heavy atom. The summed E-state index contributed by atoms with van der Waals surface area (Å²) in [5, 5.41) is 0. The van der Waals surface area contributed by atoms with E-state index in [2.05, 4.69) is 0 Å². The van der Waals surface area contributed by atoms with Gasteiger partial charge >= 0.3 is 17.9 Å². The lowest BCUT2D eigenvalue weighted by atomic mass is 10.1. The van der Waals surface area contributed by atoms with E-state index in [0.717, 1.165) is 0 Å². The van der Waals surface area contributed by atoms with Crippen LogP contribution in [0.25, 0.3) is 0 Å². The molecule has 0 unspecified atom stereocenters. The summed E-state index contributed by atoms with van der Waals surface area (Å²) in [7, 11) is 4.20. The van der Waals surface area contributed by atoms with E-state index >= 15 is 0 Å². The van der Waals surface area contributed by atoms with Crippen LogP contribution in [0.3, 0.4) is 0 Å². The molecule has 0 aromatic heterocycles. The molecule has 0 saturated heterocycles. The van der Waals surface area contributed by atoms with Gasteiger partial charge in [-0.1, -0.05) is 104 Å². The van der Waals surface area contributed by atoms with Gasteiger partial charge in [0.2, 0.25) is 0 Å². The first kappa shape index (κ1) is 32.5. The molecule has 0 heterocycles. The van der Waals surface area contributed by atoms with Gasteiger partial charge in [-0.3, -0.25) is 0 Å². The van der Waals surface area contributed by atoms with Crippen LogP contribution in [-0.2, 0) is 42.8 Å². The van der Waals surface area contributed by atoms with Crippen LogP contribution in [0.4, 0.5) is 0 Å². The number of rotatable bonds is 16. The number of methoxy groups -OCH3 is 3. The summed E-state index contributed by atoms with van der Waals surface area (Å²) in [6.45, 7) is 1.51. The van der Waals surface area contributed by atoms with E-state index in [1.54, 1.807) is 72.8 Å². The van der Waals surface area contributed by atoms with Crippen LogP contribution in [-0.4, -0.2) is 58.1 Å². The van der Waals surface area contributed by atoms with Gasteiger partial charge in [-0.2, -0.15) is 0 Å². The fourth-order valence-corrected chi connectivity index (χ4v) is 4.47. The highest BCUT2D eigenvalue weighted by atomic mass is 16.6. The van der Waals surface area contributed by atoms with E-state index in [-0.39, 0.29) is 6.61 Å². The molecular formula is C33H38O9. The number of ether oxygens (including phenoxy) is 6. The first-order chi connectivity index (χ1) is 20.4. The van der Waals surface area contributed by atoms with Gasteiger partial charge in [-0.25, -0.2) is 14.4 Å². The highest BCUT2D eigenvalue weighted by Gasteiger charge is 2.35. The molecule has 3 aromatic carbocycles. The molecule has 0 bridgehead atoms. The monoisotopic (exact) mass is 578 g/mol. The van der Waals surface area contributed by atoms with Crippen LogP contribution in [0.5, 0.6) is 0 Å². The number of esters is 3. The summed E-state index contributed by atoms with van der Waals surface area (Å²) in [4.78, 5) is 39.7. The molecule has 3 aromatic rings. The van der Waals surface area contributed by atoms with Crippen molar-refractivity contribution < 1.29 is 42.8 Å². The van der Waals surface area contributed by atoms with Gasteiger partial charge in [0, 0.05) is 21.3 Å². The van der Waals surface area contributed by atoms with Gasteiger partial charge in [-0.05, 0) is 23.1 Å². The van der Waals surface area contributed by atoms with Crippen molar-refractivity contribution in [3.8, 4) is 0 Å². The molecule has 3 rings (SSSR count). The highest BCUT2D eigenvalue weighted by molar-refractivity contribution is 5.78. The van der Waals surface area contributed by atoms with Gasteiger partial charge in [0.05, 0.1) is 0 Å². The van der Waals surface area contributed by atoms with E-state index in [1.807, 2.05) is 25.1 Å². The SMILES string of the molecule is CCC[C@@H](OC(=O)[C@@H](OC)c1ccccc1)[C@H](COC(=O)[C@@H](OC)c1ccccc1)OC(=O)[C@@H](OC)c1ccccc1. The summed E-state index contributed by atoms with van der Waals surface area (Å²) in [5.74, 6) is -2.07. The summed E-state index contributed by atoms with van der Waals surface area (Å²) >= 11 is 0. The fraction of sp³-hybridized carbons (Fsp3) is 0.364. The van der Waals surface area contributed by atoms with Crippen molar-refractivity contribution in [2.75, 3.05) is 27.9 Å². The molecule has 0 amide bonds. The van der Waals surface area contributed by atoms with Crippen LogP contribution in [0.2, 0.25) is 0 Å². The molecule has 0 aliphatic carbocycles. The van der Waals surface area contributed by atoms with Gasteiger partial charge in [-0.15, -0.1) is 0 Å². The first-order valence-electron chi connectivity index (χ1n) is 13.7. The Hall–Kier alpha value is -4.05. The summed E-state index contributed by atoms with van der Waals surface area (Å²) in [6.07, 6.45) is -4.24. The highest BCUT2D eigenvalue weighted by Crippen LogP contribution is 2.25. The third-order valence-electron chi connectivity index (χ3n) is 6.57. The zero-order valence-corrected chi connectivity index (χ0v) is 24.3. The Labute approximate surface area is 246 Å². The van der Waals surface area contributed by atoms with Crippen LogP contribution in [0.15, 0.2) is 91.0 Å². The molecule has 0 aliphatic rings. The number of hydrogen-bond acceptors (Lipinski definition) is 9. The molecule has 224 valence electrons. The Balaban J connectivity index is 1.85. The third-order valence-corrected chi connectivity index (χ3v) is 6.57. The molecule has 9 nitrogen and oxygen atoms in total. The van der Waals surface area contributed by atoms with Crippen LogP contribution >= 0.6 is 0 Å². The van der Waals surface area contributed by atoms with Gasteiger partial charge < -0.3 is 28.4 Å². The minimum absolute atomic E-state index is 0.321. The molecule has 0 N–H and O–H groups in total. The maximum absolute atomic E-state index is 13.4. The molecule has 0 aliphatic heterocycles. The quantitative estimate of drug-likeness (QED) is 0.165. The number of carbonyl (C=O) groups excluding carboxylic acids is 3. The van der Waals surface area contributed by atoms with Gasteiger partial charge in [0.1, 0.15) is 12.7 Å². The maximum atomic E-state index is 13.4. The van der Waals surface area contributed by atoms with Crippen molar-refractivity contribution in [3.63, 3.8) is 0 Å². The topological polar surface area (TPSA) is 107 Å². The third kappa shape index (κ3) is 8.97. The van der Waals surface area contributed by atoms with Crippen LogP contribution < -0.4 is 0 Å². The van der Waals surface area contributed by atoms with E-state index in [9.17, 15) is 14.4 Å². The van der Waals surface area contributed by atoms with Crippen LogP contribution in [0, 0.1) is 0 Å². The molecule has 0 spiro atoms. The lowest BCUT2D eigenvalue weighted by Crippen LogP contribution is -2.41. The molecule has 42 heavy (non-hydrogen) atoms. The zero-order valence-electron chi connectivity index (χ0n) is 24.3. The average Bonchev–Trinajstić information content (AvgIpc) is 3.02. The second-order valence-corrected chi connectivity index (χ2v) is 9.45. The molecule has 9 heteroatoms. The smallest absolute Gasteiger partial charge is 0.340 e. The normalized spacial score (nSPS) is 14.6. The second-order valence-electron chi connectivity index (χ2n) is 9.45. The number of carbonyl (C=O) groups is 3. The van der Waals surface area contributed by atoms with Crippen molar-refractivity contribution in [1.29, 1.82) is 0 Å². The lowest BCUT2D eigenvalue weighted by Gasteiger charge is -2.29. The van der Waals surface area contributed by atoms with E-state index in [4.69, 9.17) is 28.4 Å². The van der Waals surface area contributed by atoms with Gasteiger partial charge in [0.15, 0.2) is 24.4 Å².